The number of fused-ring (bicyclic) bond motifs is 1. The molecule has 0 bridgehead atoms. The average Bonchev–Trinajstić information content (AvgIpc) is 2.56. The molecule has 3 aromatic rings. The number of thioether (sulfide) groups is 1. The molecule has 0 aliphatic carbocycles. The zero-order valence-corrected chi connectivity index (χ0v) is 14.7. The van der Waals surface area contributed by atoms with E-state index >= 15 is 0 Å². The molecule has 0 unspecified atom stereocenters. The van der Waals surface area contributed by atoms with Crippen LogP contribution in [0.4, 0.5) is 0 Å². The van der Waals surface area contributed by atoms with E-state index in [0.717, 1.165) is 11.3 Å². The zero-order chi connectivity index (χ0) is 17.3. The lowest BCUT2D eigenvalue weighted by Crippen LogP contribution is -2.23. The molecule has 1 atom stereocenters. The van der Waals surface area contributed by atoms with Crippen LogP contribution >= 0.6 is 23.4 Å². The van der Waals surface area contributed by atoms with Crippen LogP contribution in [-0.2, 0) is 0 Å². The summed E-state index contributed by atoms with van der Waals surface area (Å²) < 4.78 is 1.57. The molecule has 0 radical (unpaired) electrons. The molecule has 120 valence electrons. The topological polar surface area (TPSA) is 58.7 Å². The highest BCUT2D eigenvalue weighted by Crippen LogP contribution is 2.26. The Morgan fingerprint density at radius 1 is 1.29 bits per heavy atom. The van der Waals surface area contributed by atoms with Gasteiger partial charge in [0.05, 0.1) is 27.9 Å². The van der Waals surface area contributed by atoms with Gasteiger partial charge in [-0.1, -0.05) is 41.6 Å². The average molecular weight is 356 g/mol. The third-order valence-corrected chi connectivity index (χ3v) is 4.80. The Morgan fingerprint density at radius 3 is 2.75 bits per heavy atom. The molecular weight excluding hydrogens is 342 g/mol. The van der Waals surface area contributed by atoms with Crippen LogP contribution in [0.15, 0.2) is 52.4 Å². The van der Waals surface area contributed by atoms with Gasteiger partial charge in [-0.25, -0.2) is 4.98 Å². The molecule has 0 spiro atoms. The number of nitrogens with zero attached hydrogens (tertiary/aromatic N) is 3. The van der Waals surface area contributed by atoms with Gasteiger partial charge in [0.1, 0.15) is 0 Å². The molecule has 3 rings (SSSR count). The molecule has 1 aromatic heterocycles. The Hall–Kier alpha value is -2.29. The number of aromatic nitrogens is 2. The Labute approximate surface area is 148 Å². The molecule has 2 aromatic carbocycles. The SMILES string of the molecule is Cc1ccccc1-n1c(S[C@@H](C)C#N)nc2cc(Cl)ccc2c1=O. The Bertz CT molecular complexity index is 1020. The predicted molar refractivity (Wildman–Crippen MR) is 98.0 cm³/mol. The van der Waals surface area contributed by atoms with Crippen LogP contribution in [0.3, 0.4) is 0 Å². The highest BCUT2D eigenvalue weighted by Gasteiger charge is 2.17. The van der Waals surface area contributed by atoms with E-state index < -0.39 is 0 Å². The molecule has 0 amide bonds. The number of nitriles is 1. The van der Waals surface area contributed by atoms with Crippen LogP contribution in [0.5, 0.6) is 0 Å². The van der Waals surface area contributed by atoms with Gasteiger partial charge in [-0.05, 0) is 43.7 Å². The highest BCUT2D eigenvalue weighted by molar-refractivity contribution is 8.00. The van der Waals surface area contributed by atoms with Gasteiger partial charge in [0, 0.05) is 5.02 Å². The first-order chi connectivity index (χ1) is 11.5. The third kappa shape index (κ3) is 3.03. The van der Waals surface area contributed by atoms with Crippen LogP contribution < -0.4 is 5.56 Å². The van der Waals surface area contributed by atoms with Crippen molar-refractivity contribution in [3.05, 3.63) is 63.4 Å². The van der Waals surface area contributed by atoms with Crippen molar-refractivity contribution >= 4 is 34.3 Å². The van der Waals surface area contributed by atoms with Gasteiger partial charge in [-0.15, -0.1) is 0 Å². The van der Waals surface area contributed by atoms with Crippen molar-refractivity contribution in [3.8, 4) is 11.8 Å². The van der Waals surface area contributed by atoms with Crippen LogP contribution in [0, 0.1) is 18.3 Å². The molecule has 4 nitrogen and oxygen atoms in total. The van der Waals surface area contributed by atoms with Crippen LogP contribution in [0.25, 0.3) is 16.6 Å². The molecule has 0 saturated carbocycles. The van der Waals surface area contributed by atoms with E-state index in [9.17, 15) is 4.79 Å². The minimum Gasteiger partial charge on any atom is -0.268 e. The zero-order valence-electron chi connectivity index (χ0n) is 13.2. The molecular formula is C18H14ClN3OS. The van der Waals surface area contributed by atoms with Crippen molar-refractivity contribution in [2.75, 3.05) is 0 Å². The van der Waals surface area contributed by atoms with Crippen molar-refractivity contribution in [1.82, 2.24) is 9.55 Å². The molecule has 6 heteroatoms. The number of halogens is 1. The summed E-state index contributed by atoms with van der Waals surface area (Å²) in [5, 5.41) is 10.3. The predicted octanol–water partition coefficient (Wildman–Crippen LogP) is 4.35. The fourth-order valence-corrected chi connectivity index (χ4v) is 3.40. The first kappa shape index (κ1) is 16.6. The summed E-state index contributed by atoms with van der Waals surface area (Å²) in [6.07, 6.45) is 0. The van der Waals surface area contributed by atoms with Crippen molar-refractivity contribution in [2.45, 2.75) is 24.3 Å². The van der Waals surface area contributed by atoms with E-state index in [4.69, 9.17) is 16.9 Å². The molecule has 1 heterocycles. The number of aryl methyl sites for hydroxylation is 1. The Morgan fingerprint density at radius 2 is 2.04 bits per heavy atom. The highest BCUT2D eigenvalue weighted by atomic mass is 35.5. The first-order valence-corrected chi connectivity index (χ1v) is 8.61. The van der Waals surface area contributed by atoms with E-state index in [2.05, 4.69) is 11.1 Å². The standard InChI is InChI=1S/C18H14ClN3OS/c1-11-5-3-4-6-16(11)22-17(23)14-8-7-13(19)9-15(14)21-18(22)24-12(2)10-20/h3-9,12H,1-2H3/t12-/m0/s1. The Kier molecular flexibility index (Phi) is 4.61. The van der Waals surface area contributed by atoms with E-state index in [1.54, 1.807) is 29.7 Å². The van der Waals surface area contributed by atoms with Crippen molar-refractivity contribution in [3.63, 3.8) is 0 Å². The summed E-state index contributed by atoms with van der Waals surface area (Å²) >= 11 is 7.29. The number of hydrogen-bond donors (Lipinski definition) is 0. The second-order valence-corrected chi connectivity index (χ2v) is 7.12. The smallest absolute Gasteiger partial charge is 0.266 e. The van der Waals surface area contributed by atoms with Gasteiger partial charge >= 0.3 is 0 Å². The number of rotatable bonds is 3. The lowest BCUT2D eigenvalue weighted by molar-refractivity contribution is 0.813. The first-order valence-electron chi connectivity index (χ1n) is 7.36. The lowest BCUT2D eigenvalue weighted by atomic mass is 10.2. The summed E-state index contributed by atoms with van der Waals surface area (Å²) in [5.41, 5.74) is 2.09. The van der Waals surface area contributed by atoms with Gasteiger partial charge < -0.3 is 0 Å². The van der Waals surface area contributed by atoms with Crippen LogP contribution in [0.2, 0.25) is 5.02 Å². The second kappa shape index (κ2) is 6.68. The van der Waals surface area contributed by atoms with Crippen LogP contribution in [0.1, 0.15) is 12.5 Å². The summed E-state index contributed by atoms with van der Waals surface area (Å²) in [5.74, 6) is 0. The van der Waals surface area contributed by atoms with E-state index in [1.165, 1.54) is 11.8 Å². The maximum Gasteiger partial charge on any atom is 0.266 e. The lowest BCUT2D eigenvalue weighted by Gasteiger charge is -2.15. The van der Waals surface area contributed by atoms with Crippen molar-refractivity contribution < 1.29 is 0 Å². The van der Waals surface area contributed by atoms with E-state index in [1.807, 2.05) is 31.2 Å². The molecule has 0 fully saturated rings. The number of benzene rings is 2. The minimum atomic E-state index is -0.330. The largest absolute Gasteiger partial charge is 0.268 e. The van der Waals surface area contributed by atoms with Crippen LogP contribution in [-0.4, -0.2) is 14.8 Å². The summed E-state index contributed by atoms with van der Waals surface area (Å²) in [4.78, 5) is 17.7. The quantitative estimate of drug-likeness (QED) is 0.517. The number of para-hydroxylation sites is 1. The van der Waals surface area contributed by atoms with E-state index in [0.29, 0.717) is 21.1 Å². The van der Waals surface area contributed by atoms with Crippen molar-refractivity contribution in [1.29, 1.82) is 5.26 Å². The maximum absolute atomic E-state index is 13.1. The Balaban J connectivity index is 2.37. The summed E-state index contributed by atoms with van der Waals surface area (Å²) in [6.45, 7) is 3.72. The van der Waals surface area contributed by atoms with Crippen molar-refractivity contribution in [2.24, 2.45) is 0 Å². The maximum atomic E-state index is 13.1. The summed E-state index contributed by atoms with van der Waals surface area (Å²) in [6, 6.07) is 14.8. The number of hydrogen-bond acceptors (Lipinski definition) is 4. The van der Waals surface area contributed by atoms with Gasteiger partial charge in [0.15, 0.2) is 5.16 Å². The van der Waals surface area contributed by atoms with Gasteiger partial charge in [0.25, 0.3) is 5.56 Å². The molecule has 24 heavy (non-hydrogen) atoms. The monoisotopic (exact) mass is 355 g/mol. The van der Waals surface area contributed by atoms with E-state index in [-0.39, 0.29) is 10.8 Å². The molecule has 0 aliphatic heterocycles. The minimum absolute atomic E-state index is 0.168. The summed E-state index contributed by atoms with van der Waals surface area (Å²) in [7, 11) is 0. The third-order valence-electron chi connectivity index (χ3n) is 3.62. The molecule has 0 N–H and O–H groups in total. The van der Waals surface area contributed by atoms with Gasteiger partial charge in [0.2, 0.25) is 0 Å². The molecule has 0 aliphatic rings. The normalized spacial score (nSPS) is 12.1. The fourth-order valence-electron chi connectivity index (χ4n) is 2.43. The second-order valence-electron chi connectivity index (χ2n) is 5.37. The van der Waals surface area contributed by atoms with Gasteiger partial charge in [-0.2, -0.15) is 5.26 Å². The fraction of sp³-hybridized carbons (Fsp3) is 0.167. The molecule has 0 saturated heterocycles. The van der Waals surface area contributed by atoms with Gasteiger partial charge in [-0.3, -0.25) is 9.36 Å².